The molecule has 0 spiro atoms. The normalized spacial score (nSPS) is 15.6. The standard InChI is InChI=1S/C19H19ClF3N3O/c20-14-5-7-15(8-6-14)26-11-9-25(10-12-26)13-18(27)24-17-4-2-1-3-16(17)19(21,22)23/h1-8H,9-13H2,(H,24,27). The molecule has 1 amide bonds. The molecule has 0 unspecified atom stereocenters. The number of alkyl halides is 3. The van der Waals surface area contributed by atoms with Crippen LogP contribution in [0.3, 0.4) is 0 Å². The van der Waals surface area contributed by atoms with Crippen LogP contribution in [-0.4, -0.2) is 43.5 Å². The molecule has 1 aliphatic heterocycles. The predicted molar refractivity (Wildman–Crippen MR) is 100 cm³/mol. The van der Waals surface area contributed by atoms with E-state index in [0.717, 1.165) is 24.8 Å². The van der Waals surface area contributed by atoms with Crippen molar-refractivity contribution in [2.24, 2.45) is 0 Å². The molecule has 144 valence electrons. The molecule has 4 nitrogen and oxygen atoms in total. The topological polar surface area (TPSA) is 35.6 Å². The third kappa shape index (κ3) is 5.14. The van der Waals surface area contributed by atoms with Crippen LogP contribution >= 0.6 is 11.6 Å². The van der Waals surface area contributed by atoms with Gasteiger partial charge in [0.05, 0.1) is 17.8 Å². The van der Waals surface area contributed by atoms with Gasteiger partial charge in [-0.25, -0.2) is 0 Å². The number of carbonyl (C=O) groups excluding carboxylic acids is 1. The molecule has 0 atom stereocenters. The number of rotatable bonds is 4. The lowest BCUT2D eigenvalue weighted by atomic mass is 10.1. The lowest BCUT2D eigenvalue weighted by molar-refractivity contribution is -0.137. The molecule has 1 heterocycles. The third-order valence-corrected chi connectivity index (χ3v) is 4.69. The average Bonchev–Trinajstić information content (AvgIpc) is 2.62. The van der Waals surface area contributed by atoms with Gasteiger partial charge in [-0.3, -0.25) is 9.69 Å². The number of benzene rings is 2. The Kier molecular flexibility index (Phi) is 5.92. The Labute approximate surface area is 160 Å². The number of carbonyl (C=O) groups is 1. The highest BCUT2D eigenvalue weighted by Gasteiger charge is 2.33. The lowest BCUT2D eigenvalue weighted by Crippen LogP contribution is -2.48. The number of nitrogens with one attached hydrogen (secondary N) is 1. The van der Waals surface area contributed by atoms with Crippen LogP contribution in [0, 0.1) is 0 Å². The maximum absolute atomic E-state index is 13.0. The van der Waals surface area contributed by atoms with E-state index < -0.39 is 17.6 Å². The van der Waals surface area contributed by atoms with E-state index in [1.165, 1.54) is 18.2 Å². The average molecular weight is 398 g/mol. The van der Waals surface area contributed by atoms with Gasteiger partial charge in [-0.1, -0.05) is 23.7 Å². The fourth-order valence-corrected chi connectivity index (χ4v) is 3.17. The summed E-state index contributed by atoms with van der Waals surface area (Å²) in [6, 6.07) is 12.5. The first-order valence-electron chi connectivity index (χ1n) is 8.52. The second-order valence-electron chi connectivity index (χ2n) is 6.33. The van der Waals surface area contributed by atoms with Crippen molar-refractivity contribution >= 4 is 28.9 Å². The number of para-hydroxylation sites is 1. The summed E-state index contributed by atoms with van der Waals surface area (Å²) in [5.74, 6) is -0.452. The van der Waals surface area contributed by atoms with Gasteiger partial charge in [-0.2, -0.15) is 13.2 Å². The summed E-state index contributed by atoms with van der Waals surface area (Å²) in [7, 11) is 0. The van der Waals surface area contributed by atoms with Gasteiger partial charge in [-0.05, 0) is 36.4 Å². The van der Waals surface area contributed by atoms with Crippen LogP contribution in [0.5, 0.6) is 0 Å². The Hall–Kier alpha value is -2.25. The highest BCUT2D eigenvalue weighted by atomic mass is 35.5. The van der Waals surface area contributed by atoms with E-state index in [-0.39, 0.29) is 12.2 Å². The zero-order valence-corrected chi connectivity index (χ0v) is 15.2. The Morgan fingerprint density at radius 3 is 2.26 bits per heavy atom. The van der Waals surface area contributed by atoms with Gasteiger partial charge in [0.1, 0.15) is 0 Å². The van der Waals surface area contributed by atoms with Gasteiger partial charge in [0, 0.05) is 36.9 Å². The van der Waals surface area contributed by atoms with E-state index in [1.807, 2.05) is 29.2 Å². The van der Waals surface area contributed by atoms with Gasteiger partial charge in [-0.15, -0.1) is 0 Å². The summed E-state index contributed by atoms with van der Waals surface area (Å²) in [5, 5.41) is 3.06. The number of piperazine rings is 1. The minimum Gasteiger partial charge on any atom is -0.369 e. The summed E-state index contributed by atoms with van der Waals surface area (Å²) < 4.78 is 39.0. The summed E-state index contributed by atoms with van der Waals surface area (Å²) in [6.45, 7) is 2.82. The molecule has 1 aliphatic rings. The van der Waals surface area contributed by atoms with Crippen LogP contribution in [0.4, 0.5) is 24.5 Å². The zero-order valence-electron chi connectivity index (χ0n) is 14.5. The molecule has 3 rings (SSSR count). The predicted octanol–water partition coefficient (Wildman–Crippen LogP) is 4.12. The first kappa shape index (κ1) is 19.5. The molecule has 1 saturated heterocycles. The van der Waals surface area contributed by atoms with Gasteiger partial charge in [0.15, 0.2) is 0 Å². The molecular formula is C19H19ClF3N3O. The van der Waals surface area contributed by atoms with Gasteiger partial charge >= 0.3 is 6.18 Å². The largest absolute Gasteiger partial charge is 0.418 e. The fourth-order valence-electron chi connectivity index (χ4n) is 3.05. The van der Waals surface area contributed by atoms with Crippen molar-refractivity contribution in [1.82, 2.24) is 4.90 Å². The fraction of sp³-hybridized carbons (Fsp3) is 0.316. The second kappa shape index (κ2) is 8.19. The highest BCUT2D eigenvalue weighted by molar-refractivity contribution is 6.30. The van der Waals surface area contributed by atoms with Crippen LogP contribution < -0.4 is 10.2 Å². The highest BCUT2D eigenvalue weighted by Crippen LogP contribution is 2.34. The van der Waals surface area contributed by atoms with E-state index >= 15 is 0 Å². The molecule has 0 aromatic heterocycles. The number of halogens is 4. The van der Waals surface area contributed by atoms with Gasteiger partial charge in [0.25, 0.3) is 0 Å². The smallest absolute Gasteiger partial charge is 0.369 e. The van der Waals surface area contributed by atoms with Crippen LogP contribution in [0.2, 0.25) is 5.02 Å². The number of nitrogens with zero attached hydrogens (tertiary/aromatic N) is 2. The summed E-state index contributed by atoms with van der Waals surface area (Å²) in [6.07, 6.45) is -4.51. The molecule has 0 radical (unpaired) electrons. The summed E-state index contributed by atoms with van der Waals surface area (Å²) in [4.78, 5) is 16.3. The molecule has 1 N–H and O–H groups in total. The maximum atomic E-state index is 13.0. The van der Waals surface area contributed by atoms with Gasteiger partial charge in [0.2, 0.25) is 5.91 Å². The second-order valence-corrected chi connectivity index (χ2v) is 6.77. The molecule has 0 aliphatic carbocycles. The van der Waals surface area contributed by atoms with Crippen molar-refractivity contribution in [3.05, 3.63) is 59.1 Å². The van der Waals surface area contributed by atoms with E-state index in [9.17, 15) is 18.0 Å². The molecular weight excluding hydrogens is 379 g/mol. The number of hydrogen-bond donors (Lipinski definition) is 1. The van der Waals surface area contributed by atoms with Crippen molar-refractivity contribution in [2.45, 2.75) is 6.18 Å². The van der Waals surface area contributed by atoms with E-state index in [1.54, 1.807) is 0 Å². The first-order valence-corrected chi connectivity index (χ1v) is 8.90. The molecule has 0 bridgehead atoms. The van der Waals surface area contributed by atoms with Crippen molar-refractivity contribution < 1.29 is 18.0 Å². The van der Waals surface area contributed by atoms with Crippen molar-refractivity contribution in [1.29, 1.82) is 0 Å². The minimum atomic E-state index is -4.51. The summed E-state index contributed by atoms with van der Waals surface area (Å²) >= 11 is 5.90. The summed E-state index contributed by atoms with van der Waals surface area (Å²) in [5.41, 5.74) is 0.00307. The Morgan fingerprint density at radius 2 is 1.63 bits per heavy atom. The van der Waals surface area contributed by atoms with E-state index in [0.29, 0.717) is 18.1 Å². The molecule has 2 aromatic rings. The van der Waals surface area contributed by atoms with Crippen LogP contribution in [0.25, 0.3) is 0 Å². The number of amides is 1. The number of anilines is 2. The Bertz CT molecular complexity index is 788. The van der Waals surface area contributed by atoms with Gasteiger partial charge < -0.3 is 10.2 Å². The first-order chi connectivity index (χ1) is 12.8. The van der Waals surface area contributed by atoms with Crippen LogP contribution in [0.15, 0.2) is 48.5 Å². The maximum Gasteiger partial charge on any atom is 0.418 e. The van der Waals surface area contributed by atoms with Crippen LogP contribution in [0.1, 0.15) is 5.56 Å². The molecule has 2 aromatic carbocycles. The molecule has 1 fully saturated rings. The van der Waals surface area contributed by atoms with Crippen LogP contribution in [-0.2, 0) is 11.0 Å². The van der Waals surface area contributed by atoms with Crippen molar-refractivity contribution in [2.75, 3.05) is 42.9 Å². The van der Waals surface area contributed by atoms with Crippen molar-refractivity contribution in [3.63, 3.8) is 0 Å². The number of hydrogen-bond acceptors (Lipinski definition) is 3. The monoisotopic (exact) mass is 397 g/mol. The molecule has 27 heavy (non-hydrogen) atoms. The zero-order chi connectivity index (χ0) is 19.4. The Morgan fingerprint density at radius 1 is 1.00 bits per heavy atom. The molecule has 0 saturated carbocycles. The molecule has 8 heteroatoms. The quantitative estimate of drug-likeness (QED) is 0.843. The van der Waals surface area contributed by atoms with E-state index in [2.05, 4.69) is 10.2 Å². The Balaban J connectivity index is 1.54. The van der Waals surface area contributed by atoms with E-state index in [4.69, 9.17) is 11.6 Å². The SMILES string of the molecule is O=C(CN1CCN(c2ccc(Cl)cc2)CC1)Nc1ccccc1C(F)(F)F. The minimum absolute atomic E-state index is 0.0562. The lowest BCUT2D eigenvalue weighted by Gasteiger charge is -2.35. The third-order valence-electron chi connectivity index (χ3n) is 4.44. The van der Waals surface area contributed by atoms with Crippen molar-refractivity contribution in [3.8, 4) is 0 Å².